The van der Waals surface area contributed by atoms with Crippen molar-refractivity contribution in [3.05, 3.63) is 23.9 Å². The second-order valence-corrected chi connectivity index (χ2v) is 4.14. The van der Waals surface area contributed by atoms with Gasteiger partial charge in [-0.1, -0.05) is 12.2 Å². The zero-order valence-electron chi connectivity index (χ0n) is 6.99. The summed E-state index contributed by atoms with van der Waals surface area (Å²) in [6, 6.07) is 0. The van der Waals surface area contributed by atoms with E-state index < -0.39 is 0 Å². The van der Waals surface area contributed by atoms with Gasteiger partial charge in [0.05, 0.1) is 11.8 Å². The van der Waals surface area contributed by atoms with E-state index in [1.807, 2.05) is 35.9 Å². The van der Waals surface area contributed by atoms with E-state index in [1.165, 1.54) is 5.57 Å². The molecular weight excluding hydrogens is 170 g/mol. The molecule has 1 atom stereocenters. The van der Waals surface area contributed by atoms with Gasteiger partial charge in [-0.15, -0.1) is 11.8 Å². The van der Waals surface area contributed by atoms with Crippen LogP contribution in [0.5, 0.6) is 0 Å². The van der Waals surface area contributed by atoms with E-state index in [9.17, 15) is 4.79 Å². The molecule has 2 aliphatic rings. The summed E-state index contributed by atoms with van der Waals surface area (Å²) in [5.74, 6) is 1.30. The smallest absolute Gasteiger partial charge is 0.230 e. The Labute approximate surface area is 76.3 Å². The Bertz CT molecular complexity index is 270. The summed E-state index contributed by atoms with van der Waals surface area (Å²) >= 11 is 1.85. The Hall–Kier alpha value is -0.700. The SMILES string of the molecule is CC=CC1=CN2C(=O)C[C@H]2SC1. The molecular formula is C9H11NOS. The summed E-state index contributed by atoms with van der Waals surface area (Å²) in [5, 5.41) is 0.437. The summed E-state index contributed by atoms with van der Waals surface area (Å²) in [7, 11) is 0. The molecule has 0 aromatic heterocycles. The molecule has 2 rings (SSSR count). The van der Waals surface area contributed by atoms with Crippen molar-refractivity contribution in [2.24, 2.45) is 0 Å². The second-order valence-electron chi connectivity index (χ2n) is 2.97. The van der Waals surface area contributed by atoms with Gasteiger partial charge in [-0.2, -0.15) is 0 Å². The molecule has 0 aliphatic carbocycles. The molecule has 2 nitrogen and oxygen atoms in total. The first-order chi connectivity index (χ1) is 5.81. The predicted octanol–water partition coefficient (Wildman–Crippen LogP) is 1.75. The van der Waals surface area contributed by atoms with Gasteiger partial charge in [-0.25, -0.2) is 0 Å². The number of allylic oxidation sites excluding steroid dienone is 2. The standard InChI is InChI=1S/C9H11NOS/c1-2-3-7-5-10-8(11)4-9(10)12-6-7/h2-3,5,9H,4,6H2,1H3/t9-/m1/s1. The van der Waals surface area contributed by atoms with E-state index in [4.69, 9.17) is 0 Å². The Morgan fingerprint density at radius 1 is 1.75 bits per heavy atom. The quantitative estimate of drug-likeness (QED) is 0.574. The highest BCUT2D eigenvalue weighted by atomic mass is 32.2. The molecule has 1 amide bonds. The van der Waals surface area contributed by atoms with Gasteiger partial charge in [-0.05, 0) is 12.5 Å². The van der Waals surface area contributed by atoms with E-state index in [0.717, 1.165) is 12.2 Å². The third-order valence-corrected chi connectivity index (χ3v) is 3.35. The maximum atomic E-state index is 11.1. The maximum absolute atomic E-state index is 11.1. The van der Waals surface area contributed by atoms with Crippen molar-refractivity contribution in [3.63, 3.8) is 0 Å². The zero-order chi connectivity index (χ0) is 8.55. The molecule has 0 aromatic carbocycles. The van der Waals surface area contributed by atoms with Crippen LogP contribution in [0, 0.1) is 0 Å². The summed E-state index contributed by atoms with van der Waals surface area (Å²) in [6.45, 7) is 2.00. The Kier molecular flexibility index (Phi) is 1.97. The number of β-lactam (4-membered cyclic amide) rings is 1. The van der Waals surface area contributed by atoms with Gasteiger partial charge in [0.1, 0.15) is 0 Å². The molecule has 2 heterocycles. The lowest BCUT2D eigenvalue weighted by atomic mass is 10.2. The molecule has 2 aliphatic heterocycles. The zero-order valence-corrected chi connectivity index (χ0v) is 7.80. The fraction of sp³-hybridized carbons (Fsp3) is 0.444. The second kappa shape index (κ2) is 2.98. The van der Waals surface area contributed by atoms with Crippen LogP contribution >= 0.6 is 11.8 Å². The van der Waals surface area contributed by atoms with Gasteiger partial charge < -0.3 is 4.90 Å². The van der Waals surface area contributed by atoms with Crippen LogP contribution in [-0.4, -0.2) is 21.9 Å². The normalized spacial score (nSPS) is 28.4. The highest BCUT2D eigenvalue weighted by Crippen LogP contribution is 2.35. The van der Waals surface area contributed by atoms with Crippen molar-refractivity contribution in [3.8, 4) is 0 Å². The van der Waals surface area contributed by atoms with E-state index >= 15 is 0 Å². The summed E-state index contributed by atoms with van der Waals surface area (Å²) in [6.07, 6.45) is 6.78. The number of rotatable bonds is 1. The molecule has 0 radical (unpaired) electrons. The fourth-order valence-corrected chi connectivity index (χ4v) is 2.56. The van der Waals surface area contributed by atoms with Crippen LogP contribution in [-0.2, 0) is 4.79 Å². The average Bonchev–Trinajstić information content (AvgIpc) is 2.07. The monoisotopic (exact) mass is 181 g/mol. The van der Waals surface area contributed by atoms with Crippen LogP contribution < -0.4 is 0 Å². The Morgan fingerprint density at radius 2 is 2.58 bits per heavy atom. The number of hydrogen-bond acceptors (Lipinski definition) is 2. The number of hydrogen-bond donors (Lipinski definition) is 0. The van der Waals surface area contributed by atoms with Crippen LogP contribution in [0.2, 0.25) is 0 Å². The Balaban J connectivity index is 2.13. The van der Waals surface area contributed by atoms with Crippen molar-refractivity contribution >= 4 is 17.7 Å². The molecule has 64 valence electrons. The fourth-order valence-electron chi connectivity index (χ4n) is 1.41. The van der Waals surface area contributed by atoms with Crippen molar-refractivity contribution < 1.29 is 4.79 Å². The number of fused-ring (bicyclic) bond motifs is 1. The highest BCUT2D eigenvalue weighted by molar-refractivity contribution is 8.00. The lowest BCUT2D eigenvalue weighted by Gasteiger charge is -2.40. The van der Waals surface area contributed by atoms with E-state index in [1.54, 1.807) is 0 Å². The molecule has 0 aromatic rings. The number of nitrogens with zero attached hydrogens (tertiary/aromatic N) is 1. The molecule has 3 heteroatoms. The van der Waals surface area contributed by atoms with Crippen LogP contribution in [0.25, 0.3) is 0 Å². The number of amides is 1. The summed E-state index contributed by atoms with van der Waals surface area (Å²) < 4.78 is 0. The summed E-state index contributed by atoms with van der Waals surface area (Å²) in [4.78, 5) is 12.9. The number of carbonyl (C=O) groups is 1. The van der Waals surface area contributed by atoms with E-state index in [2.05, 4.69) is 6.08 Å². The van der Waals surface area contributed by atoms with E-state index in [0.29, 0.717) is 5.37 Å². The molecule has 1 fully saturated rings. The van der Waals surface area contributed by atoms with Gasteiger partial charge in [0.25, 0.3) is 0 Å². The lowest BCUT2D eigenvalue weighted by Crippen LogP contribution is -2.48. The molecule has 0 N–H and O–H groups in total. The average molecular weight is 181 g/mol. The topological polar surface area (TPSA) is 20.3 Å². The van der Waals surface area contributed by atoms with Crippen molar-refractivity contribution in [1.29, 1.82) is 0 Å². The van der Waals surface area contributed by atoms with Gasteiger partial charge in [0, 0.05) is 12.0 Å². The van der Waals surface area contributed by atoms with Crippen LogP contribution in [0.3, 0.4) is 0 Å². The van der Waals surface area contributed by atoms with E-state index in [-0.39, 0.29) is 5.91 Å². The first kappa shape index (κ1) is 7.92. The van der Waals surface area contributed by atoms with Crippen molar-refractivity contribution in [2.75, 3.05) is 5.75 Å². The molecule has 1 saturated heterocycles. The Morgan fingerprint density at radius 3 is 3.25 bits per heavy atom. The number of carbonyl (C=O) groups excluding carboxylic acids is 1. The van der Waals surface area contributed by atoms with Crippen LogP contribution in [0.4, 0.5) is 0 Å². The largest absolute Gasteiger partial charge is 0.306 e. The molecule has 0 spiro atoms. The van der Waals surface area contributed by atoms with Gasteiger partial charge in [-0.3, -0.25) is 4.79 Å². The van der Waals surface area contributed by atoms with Gasteiger partial charge >= 0.3 is 0 Å². The van der Waals surface area contributed by atoms with Crippen molar-refractivity contribution in [1.82, 2.24) is 4.90 Å². The predicted molar refractivity (Wildman–Crippen MR) is 50.6 cm³/mol. The van der Waals surface area contributed by atoms with Gasteiger partial charge in [0.2, 0.25) is 5.91 Å². The van der Waals surface area contributed by atoms with Crippen LogP contribution in [0.15, 0.2) is 23.9 Å². The highest BCUT2D eigenvalue weighted by Gasteiger charge is 2.37. The third kappa shape index (κ3) is 1.18. The third-order valence-electron chi connectivity index (χ3n) is 2.08. The lowest BCUT2D eigenvalue weighted by molar-refractivity contribution is -0.137. The molecule has 0 bridgehead atoms. The first-order valence-electron chi connectivity index (χ1n) is 4.07. The maximum Gasteiger partial charge on any atom is 0.230 e. The van der Waals surface area contributed by atoms with Crippen molar-refractivity contribution in [2.45, 2.75) is 18.7 Å². The van der Waals surface area contributed by atoms with Gasteiger partial charge in [0.15, 0.2) is 0 Å². The molecule has 0 saturated carbocycles. The minimum atomic E-state index is 0.259. The number of thioether (sulfide) groups is 1. The van der Waals surface area contributed by atoms with Crippen LogP contribution in [0.1, 0.15) is 13.3 Å². The molecule has 0 unspecified atom stereocenters. The minimum absolute atomic E-state index is 0.259. The minimum Gasteiger partial charge on any atom is -0.306 e. The molecule has 12 heavy (non-hydrogen) atoms. The first-order valence-corrected chi connectivity index (χ1v) is 5.12. The summed E-state index contributed by atoms with van der Waals surface area (Å²) in [5.41, 5.74) is 1.24.